The maximum absolute atomic E-state index is 13.8. The lowest BCUT2D eigenvalue weighted by molar-refractivity contribution is 0.600. The molecule has 0 fully saturated rings. The lowest BCUT2D eigenvalue weighted by atomic mass is 10.1. The van der Waals surface area contributed by atoms with Crippen LogP contribution >= 0.6 is 23.2 Å². The first-order valence-electron chi connectivity index (χ1n) is 5.89. The summed E-state index contributed by atoms with van der Waals surface area (Å²) in [6.07, 6.45) is 0. The van der Waals surface area contributed by atoms with E-state index in [4.69, 9.17) is 28.9 Å². The molecule has 0 aliphatic carbocycles. The zero-order valence-electron chi connectivity index (χ0n) is 10.9. The summed E-state index contributed by atoms with van der Waals surface area (Å²) >= 11 is 11.5. The molecule has 0 radical (unpaired) electrons. The zero-order chi connectivity index (χ0) is 14.9. The molecule has 1 heterocycles. The Morgan fingerprint density at radius 2 is 2.00 bits per heavy atom. The van der Waals surface area contributed by atoms with Gasteiger partial charge in [0.25, 0.3) is 0 Å². The van der Waals surface area contributed by atoms with Gasteiger partial charge in [-0.05, 0) is 37.6 Å². The molecule has 2 aromatic rings. The molecule has 2 rings (SSSR count). The van der Waals surface area contributed by atoms with Gasteiger partial charge in [-0.15, -0.1) is 0 Å². The van der Waals surface area contributed by atoms with Gasteiger partial charge in [0.15, 0.2) is 5.82 Å². The van der Waals surface area contributed by atoms with Crippen molar-refractivity contribution in [3.05, 3.63) is 45.6 Å². The van der Waals surface area contributed by atoms with E-state index in [1.165, 1.54) is 6.07 Å². The second-order valence-electron chi connectivity index (χ2n) is 4.37. The summed E-state index contributed by atoms with van der Waals surface area (Å²) in [7, 11) is 0. The maximum atomic E-state index is 13.8. The van der Waals surface area contributed by atoms with Crippen LogP contribution < -0.4 is 11.1 Å². The smallest absolute Gasteiger partial charge is 0.224 e. The van der Waals surface area contributed by atoms with E-state index in [1.807, 2.05) is 0 Å². The van der Waals surface area contributed by atoms with E-state index in [9.17, 15) is 4.39 Å². The number of halogens is 3. The molecule has 0 spiro atoms. The van der Waals surface area contributed by atoms with Crippen LogP contribution in [0.2, 0.25) is 10.3 Å². The third-order valence-electron chi connectivity index (χ3n) is 2.89. The average Bonchev–Trinajstić information content (AvgIpc) is 2.35. The van der Waals surface area contributed by atoms with Gasteiger partial charge >= 0.3 is 0 Å². The highest BCUT2D eigenvalue weighted by molar-refractivity contribution is 6.30. The Labute approximate surface area is 126 Å². The lowest BCUT2D eigenvalue weighted by Gasteiger charge is -2.17. The van der Waals surface area contributed by atoms with Crippen molar-refractivity contribution in [3.63, 3.8) is 0 Å². The molecule has 0 saturated carbocycles. The fourth-order valence-corrected chi connectivity index (χ4v) is 2.16. The van der Waals surface area contributed by atoms with Crippen LogP contribution in [0.5, 0.6) is 0 Å². The number of nitrogens with one attached hydrogen (secondary N) is 1. The van der Waals surface area contributed by atoms with Crippen LogP contribution in [0.15, 0.2) is 18.2 Å². The normalized spacial score (nSPS) is 12.2. The second-order valence-corrected chi connectivity index (χ2v) is 5.15. The highest BCUT2D eigenvalue weighted by Crippen LogP contribution is 2.27. The van der Waals surface area contributed by atoms with Gasteiger partial charge in [0, 0.05) is 10.6 Å². The van der Waals surface area contributed by atoms with E-state index < -0.39 is 5.82 Å². The van der Waals surface area contributed by atoms with Crippen molar-refractivity contribution in [1.29, 1.82) is 0 Å². The van der Waals surface area contributed by atoms with Crippen LogP contribution in [0.4, 0.5) is 15.9 Å². The highest BCUT2D eigenvalue weighted by Gasteiger charge is 2.15. The molecule has 1 aromatic heterocycles. The minimum atomic E-state index is -0.395. The van der Waals surface area contributed by atoms with Crippen LogP contribution in [0.25, 0.3) is 0 Å². The van der Waals surface area contributed by atoms with E-state index in [1.54, 1.807) is 26.0 Å². The first-order valence-corrected chi connectivity index (χ1v) is 6.65. The van der Waals surface area contributed by atoms with Crippen molar-refractivity contribution in [3.8, 4) is 0 Å². The summed E-state index contributed by atoms with van der Waals surface area (Å²) in [5.74, 6) is -0.0164. The Morgan fingerprint density at radius 1 is 1.30 bits per heavy atom. The molecule has 1 atom stereocenters. The molecule has 1 aromatic carbocycles. The van der Waals surface area contributed by atoms with Crippen molar-refractivity contribution in [2.75, 3.05) is 11.1 Å². The van der Waals surface area contributed by atoms with Gasteiger partial charge in [0.1, 0.15) is 5.82 Å². The summed E-state index contributed by atoms with van der Waals surface area (Å²) in [4.78, 5) is 7.96. The molecule has 106 valence electrons. The number of nitrogens with two attached hydrogens (primary N) is 1. The molecule has 0 aliphatic heterocycles. The van der Waals surface area contributed by atoms with Crippen molar-refractivity contribution in [2.45, 2.75) is 19.9 Å². The van der Waals surface area contributed by atoms with Crippen molar-refractivity contribution in [2.24, 2.45) is 0 Å². The van der Waals surface area contributed by atoms with E-state index in [0.29, 0.717) is 27.8 Å². The second kappa shape index (κ2) is 5.81. The molecule has 20 heavy (non-hydrogen) atoms. The largest absolute Gasteiger partial charge is 0.394 e. The summed E-state index contributed by atoms with van der Waals surface area (Å²) < 4.78 is 13.8. The number of hydrogen-bond acceptors (Lipinski definition) is 4. The SMILES string of the molecule is Cc1nc(Cl)nc(N[C@H](C)c2ccc(Cl)cc2F)c1N. The minimum absolute atomic E-state index is 0.0861. The van der Waals surface area contributed by atoms with Gasteiger partial charge < -0.3 is 11.1 Å². The monoisotopic (exact) mass is 314 g/mol. The number of benzene rings is 1. The summed E-state index contributed by atoms with van der Waals surface area (Å²) in [5.41, 5.74) is 7.29. The van der Waals surface area contributed by atoms with Crippen LogP contribution in [-0.2, 0) is 0 Å². The average molecular weight is 315 g/mol. The van der Waals surface area contributed by atoms with Gasteiger partial charge in [0.05, 0.1) is 17.4 Å². The van der Waals surface area contributed by atoms with E-state index >= 15 is 0 Å². The number of hydrogen-bond donors (Lipinski definition) is 2. The Hall–Kier alpha value is -1.59. The first-order chi connectivity index (χ1) is 9.38. The Kier molecular flexibility index (Phi) is 4.30. The Balaban J connectivity index is 2.30. The third-order valence-corrected chi connectivity index (χ3v) is 3.30. The lowest BCUT2D eigenvalue weighted by Crippen LogP contribution is -2.13. The molecule has 0 aliphatic rings. The van der Waals surface area contributed by atoms with Crippen molar-refractivity contribution >= 4 is 34.7 Å². The number of aryl methyl sites for hydroxylation is 1. The Morgan fingerprint density at radius 3 is 2.65 bits per heavy atom. The summed E-state index contributed by atoms with van der Waals surface area (Å²) in [6.45, 7) is 3.51. The molecule has 0 unspecified atom stereocenters. The van der Waals surface area contributed by atoms with E-state index in [2.05, 4.69) is 15.3 Å². The molecule has 3 N–H and O–H groups in total. The highest BCUT2D eigenvalue weighted by atomic mass is 35.5. The molecular weight excluding hydrogens is 302 g/mol. The number of nitrogen functional groups attached to an aromatic ring is 1. The maximum Gasteiger partial charge on any atom is 0.224 e. The van der Waals surface area contributed by atoms with Crippen LogP contribution in [-0.4, -0.2) is 9.97 Å². The Bertz CT molecular complexity index is 649. The molecule has 0 bridgehead atoms. The predicted molar refractivity (Wildman–Crippen MR) is 79.6 cm³/mol. The van der Waals surface area contributed by atoms with E-state index in [-0.39, 0.29) is 11.3 Å². The van der Waals surface area contributed by atoms with Gasteiger partial charge in [0.2, 0.25) is 5.28 Å². The number of rotatable bonds is 3. The topological polar surface area (TPSA) is 63.8 Å². The van der Waals surface area contributed by atoms with Crippen LogP contribution in [0, 0.1) is 12.7 Å². The molecular formula is C13H13Cl2FN4. The number of nitrogens with zero attached hydrogens (tertiary/aromatic N) is 2. The molecule has 4 nitrogen and oxygen atoms in total. The molecule has 0 saturated heterocycles. The van der Waals surface area contributed by atoms with Crippen LogP contribution in [0.1, 0.15) is 24.2 Å². The quantitative estimate of drug-likeness (QED) is 0.841. The summed E-state index contributed by atoms with van der Waals surface area (Å²) in [6, 6.07) is 4.15. The zero-order valence-corrected chi connectivity index (χ0v) is 12.4. The number of anilines is 2. The number of aromatic nitrogens is 2. The standard InChI is InChI=1S/C13H13Cl2FN4/c1-6(9-4-3-8(14)5-10(9)16)18-12-11(17)7(2)19-13(15)20-12/h3-6H,17H2,1-2H3,(H,18,19,20)/t6-/m1/s1. The van der Waals surface area contributed by atoms with Crippen molar-refractivity contribution < 1.29 is 4.39 Å². The third kappa shape index (κ3) is 3.11. The fraction of sp³-hybridized carbons (Fsp3) is 0.231. The minimum Gasteiger partial charge on any atom is -0.394 e. The van der Waals surface area contributed by atoms with Crippen LogP contribution in [0.3, 0.4) is 0 Å². The van der Waals surface area contributed by atoms with Gasteiger partial charge in [-0.2, -0.15) is 4.98 Å². The molecule has 7 heteroatoms. The van der Waals surface area contributed by atoms with Gasteiger partial charge in [-0.3, -0.25) is 0 Å². The van der Waals surface area contributed by atoms with Gasteiger partial charge in [-0.25, -0.2) is 9.37 Å². The molecule has 0 amide bonds. The van der Waals surface area contributed by atoms with E-state index in [0.717, 1.165) is 0 Å². The summed E-state index contributed by atoms with van der Waals surface area (Å²) in [5, 5.41) is 3.46. The predicted octanol–water partition coefficient (Wildman–Crippen LogP) is 3.99. The fourth-order valence-electron chi connectivity index (χ4n) is 1.79. The van der Waals surface area contributed by atoms with Gasteiger partial charge in [-0.1, -0.05) is 17.7 Å². The van der Waals surface area contributed by atoms with Crippen molar-refractivity contribution in [1.82, 2.24) is 9.97 Å². The first kappa shape index (κ1) is 14.8.